The number of rotatable bonds is 26. The van der Waals surface area contributed by atoms with Crippen molar-refractivity contribution in [1.29, 1.82) is 0 Å². The average molecular weight is 866 g/mol. The minimum absolute atomic E-state index is 0.0317. The van der Waals surface area contributed by atoms with Crippen molar-refractivity contribution in [3.05, 3.63) is 137 Å². The van der Waals surface area contributed by atoms with Crippen molar-refractivity contribution in [2.45, 2.75) is 130 Å². The van der Waals surface area contributed by atoms with E-state index in [0.717, 1.165) is 89.7 Å². The second kappa shape index (κ2) is 23.2. The molecule has 0 amide bonds. The summed E-state index contributed by atoms with van der Waals surface area (Å²) in [7, 11) is 0. The molecule has 8 nitrogen and oxygen atoms in total. The number of anilines is 3. The fourth-order valence-electron chi connectivity index (χ4n) is 8.61. The number of carboxylic acids is 1. The van der Waals surface area contributed by atoms with Crippen LogP contribution in [0.2, 0.25) is 0 Å². The molecular weight excluding hydrogens is 797 g/mol. The second-order valence-corrected chi connectivity index (χ2v) is 17.7. The van der Waals surface area contributed by atoms with E-state index in [0.29, 0.717) is 13.2 Å². The molecule has 0 unspecified atom stereocenters. The highest BCUT2D eigenvalue weighted by Gasteiger charge is 2.46. The molecule has 0 aromatic heterocycles. The zero-order valence-electron chi connectivity index (χ0n) is 38.8. The average Bonchev–Trinajstić information content (AvgIpc) is 3.51. The second-order valence-electron chi connectivity index (χ2n) is 17.7. The molecule has 1 aliphatic heterocycles. The lowest BCUT2D eigenvalue weighted by atomic mass is 9.78. The Bertz CT molecular complexity index is 2260. The Balaban J connectivity index is 1.21. The van der Waals surface area contributed by atoms with Crippen LogP contribution in [0.4, 0.5) is 22.7 Å². The van der Waals surface area contributed by atoms with Gasteiger partial charge >= 0.3 is 5.97 Å². The number of carbonyl (C=O) groups excluding carboxylic acids is 1. The molecule has 1 heterocycles. The first kappa shape index (κ1) is 47.6. The number of carboxylic acid groups (broad SMARTS) is 1. The molecule has 8 heteroatoms. The van der Waals surface area contributed by atoms with Crippen LogP contribution in [0, 0.1) is 0 Å². The van der Waals surface area contributed by atoms with Gasteiger partial charge in [0.25, 0.3) is 0 Å². The monoisotopic (exact) mass is 866 g/mol. The minimum Gasteiger partial charge on any atom is -0.506 e. The number of unbranched alkanes of at least 4 members (excludes halogenated alkanes) is 11. The Kier molecular flexibility index (Phi) is 17.2. The predicted molar refractivity (Wildman–Crippen MR) is 262 cm³/mol. The quantitative estimate of drug-likeness (QED) is 0.0368. The maximum Gasteiger partial charge on any atom is 0.335 e. The highest BCUT2D eigenvalue weighted by molar-refractivity contribution is 6.24. The highest BCUT2D eigenvalue weighted by atomic mass is 16.5. The third-order valence-corrected chi connectivity index (χ3v) is 12.5. The molecule has 0 atom stereocenters. The number of aliphatic hydroxyl groups is 1. The number of nitrogens with zero attached hydrogens (tertiary/aromatic N) is 2. The molecule has 0 saturated carbocycles. The molecule has 0 fully saturated rings. The SMILES string of the molecule is CCCCCCCC[N+]1=C(/C=C2/C(=O)C(/C=C/c3ccc(N(c4ccc(OCCCCCC)cc4)c4ccc(OCCCCCC)cc4)cc3)=C2O)C(C)(C)c2cc(C(=O)O)ccc21. The number of aliphatic hydroxyl groups excluding tert-OH is 1. The number of aromatic carboxylic acids is 1. The Hall–Kier alpha value is -5.89. The molecule has 6 rings (SSSR count). The van der Waals surface area contributed by atoms with Crippen molar-refractivity contribution in [3.8, 4) is 11.5 Å². The van der Waals surface area contributed by atoms with Gasteiger partial charge in [-0.15, -0.1) is 0 Å². The van der Waals surface area contributed by atoms with Crippen molar-refractivity contribution < 1.29 is 33.9 Å². The maximum absolute atomic E-state index is 13.7. The number of ether oxygens (including phenoxy) is 2. The first-order chi connectivity index (χ1) is 31.1. The van der Waals surface area contributed by atoms with Gasteiger partial charge < -0.3 is 24.6 Å². The van der Waals surface area contributed by atoms with Crippen LogP contribution in [-0.4, -0.2) is 52.0 Å². The van der Waals surface area contributed by atoms with Gasteiger partial charge in [-0.1, -0.05) is 103 Å². The van der Waals surface area contributed by atoms with E-state index in [1.165, 1.54) is 57.8 Å². The van der Waals surface area contributed by atoms with Crippen LogP contribution in [0.5, 0.6) is 11.5 Å². The molecular formula is C56H69N2O6+. The van der Waals surface area contributed by atoms with E-state index in [1.807, 2.05) is 54.6 Å². The summed E-state index contributed by atoms with van der Waals surface area (Å²) < 4.78 is 14.3. The van der Waals surface area contributed by atoms with E-state index in [1.54, 1.807) is 18.2 Å². The minimum atomic E-state index is -0.973. The van der Waals surface area contributed by atoms with Crippen LogP contribution in [0.25, 0.3) is 6.08 Å². The molecule has 0 bridgehead atoms. The summed E-state index contributed by atoms with van der Waals surface area (Å²) >= 11 is 0. The predicted octanol–water partition coefficient (Wildman–Crippen LogP) is 14.5. The number of hydrogen-bond donors (Lipinski definition) is 2. The van der Waals surface area contributed by atoms with Crippen LogP contribution in [0.15, 0.2) is 120 Å². The number of carbonyl (C=O) groups is 2. The lowest BCUT2D eigenvalue weighted by Crippen LogP contribution is -2.31. The first-order valence-electron chi connectivity index (χ1n) is 23.8. The largest absolute Gasteiger partial charge is 0.506 e. The van der Waals surface area contributed by atoms with Gasteiger partial charge in [-0.25, -0.2) is 4.79 Å². The number of ketones is 1. The molecule has 2 aliphatic rings. The Labute approximate surface area is 381 Å². The lowest BCUT2D eigenvalue weighted by molar-refractivity contribution is -0.438. The van der Waals surface area contributed by atoms with Gasteiger partial charge in [-0.2, -0.15) is 4.58 Å². The van der Waals surface area contributed by atoms with Crippen LogP contribution in [-0.2, 0) is 10.2 Å². The van der Waals surface area contributed by atoms with E-state index >= 15 is 0 Å². The van der Waals surface area contributed by atoms with Gasteiger partial charge in [-0.3, -0.25) is 4.79 Å². The van der Waals surface area contributed by atoms with E-state index in [4.69, 9.17) is 9.47 Å². The molecule has 0 saturated heterocycles. The summed E-state index contributed by atoms with van der Waals surface area (Å²) in [4.78, 5) is 27.8. The lowest BCUT2D eigenvalue weighted by Gasteiger charge is -2.26. The summed E-state index contributed by atoms with van der Waals surface area (Å²) in [6.45, 7) is 12.9. The third-order valence-electron chi connectivity index (χ3n) is 12.5. The van der Waals surface area contributed by atoms with Crippen molar-refractivity contribution >= 4 is 46.3 Å². The summed E-state index contributed by atoms with van der Waals surface area (Å²) in [6, 6.07) is 29.9. The first-order valence-corrected chi connectivity index (χ1v) is 23.8. The molecule has 4 aromatic carbocycles. The van der Waals surface area contributed by atoms with E-state index in [2.05, 4.69) is 80.5 Å². The van der Waals surface area contributed by atoms with Gasteiger partial charge in [0.2, 0.25) is 11.5 Å². The number of hydrogen-bond acceptors (Lipinski definition) is 6. The van der Waals surface area contributed by atoms with Crippen LogP contribution >= 0.6 is 0 Å². The van der Waals surface area contributed by atoms with Gasteiger partial charge in [0.15, 0.2) is 5.71 Å². The van der Waals surface area contributed by atoms with Crippen molar-refractivity contribution in [2.24, 2.45) is 0 Å². The summed E-state index contributed by atoms with van der Waals surface area (Å²) in [5.41, 5.74) is 6.75. The van der Waals surface area contributed by atoms with Gasteiger partial charge in [0.1, 0.15) is 23.8 Å². The van der Waals surface area contributed by atoms with Crippen molar-refractivity contribution in [3.63, 3.8) is 0 Å². The third kappa shape index (κ3) is 11.8. The molecule has 0 spiro atoms. The summed E-state index contributed by atoms with van der Waals surface area (Å²) in [5.74, 6) is 0.478. The van der Waals surface area contributed by atoms with Crippen LogP contribution < -0.4 is 14.4 Å². The zero-order valence-corrected chi connectivity index (χ0v) is 38.8. The summed E-state index contributed by atoms with van der Waals surface area (Å²) in [5, 5.41) is 21.1. The topological polar surface area (TPSA) is 99.3 Å². The summed E-state index contributed by atoms with van der Waals surface area (Å²) in [6.07, 6.45) is 21.5. The van der Waals surface area contributed by atoms with E-state index in [-0.39, 0.29) is 28.3 Å². The zero-order chi connectivity index (χ0) is 45.5. The standard InChI is InChI=1S/C56H68N2O6/c1-6-9-12-15-16-17-36-57-51-35-23-42(55(61)62)39-50(51)56(4,5)52(57)40-49-53(59)48(54(49)60)34-22-41-20-24-43(25-21-41)58(44-26-30-46(31-27-44)63-37-18-13-10-7-2)45-28-32-47(33-29-45)64-38-19-14-11-8-3/h20-35,39-40H,6-19,36-38H2,1-5H3,(H-,59,60,61,62)/p+1. The normalized spacial score (nSPS) is 15.0. The number of allylic oxidation sites excluding steroid dienone is 4. The van der Waals surface area contributed by atoms with Crippen LogP contribution in [0.3, 0.4) is 0 Å². The Morgan fingerprint density at radius 2 is 1.16 bits per heavy atom. The van der Waals surface area contributed by atoms with E-state index < -0.39 is 11.4 Å². The van der Waals surface area contributed by atoms with Crippen molar-refractivity contribution in [2.75, 3.05) is 24.7 Å². The van der Waals surface area contributed by atoms with Crippen LogP contribution in [0.1, 0.15) is 146 Å². The van der Waals surface area contributed by atoms with E-state index in [9.17, 15) is 19.8 Å². The molecule has 4 aromatic rings. The Morgan fingerprint density at radius 3 is 1.67 bits per heavy atom. The van der Waals surface area contributed by atoms with Crippen molar-refractivity contribution in [1.82, 2.24) is 0 Å². The molecule has 0 radical (unpaired) electrons. The fourth-order valence-corrected chi connectivity index (χ4v) is 8.61. The molecule has 338 valence electrons. The number of Topliss-reactive ketones (excluding diaryl/α,β-unsaturated/α-hetero) is 1. The highest BCUT2D eigenvalue weighted by Crippen LogP contribution is 2.43. The molecule has 64 heavy (non-hydrogen) atoms. The fraction of sp³-hybridized carbons (Fsp3) is 0.411. The van der Waals surface area contributed by atoms with Gasteiger partial charge in [0, 0.05) is 41.2 Å². The number of fused-ring (bicyclic) bond motifs is 1. The maximum atomic E-state index is 13.7. The smallest absolute Gasteiger partial charge is 0.335 e. The Morgan fingerprint density at radius 1 is 0.656 bits per heavy atom. The van der Waals surface area contributed by atoms with Gasteiger partial charge in [-0.05, 0) is 118 Å². The number of benzene rings is 4. The molecule has 1 aliphatic carbocycles. The molecule has 2 N–H and O–H groups in total. The van der Waals surface area contributed by atoms with Gasteiger partial charge in [0.05, 0.1) is 35.3 Å².